The summed E-state index contributed by atoms with van der Waals surface area (Å²) < 4.78 is 0. The van der Waals surface area contributed by atoms with Crippen molar-refractivity contribution >= 4 is 17.6 Å². The van der Waals surface area contributed by atoms with Gasteiger partial charge in [0.2, 0.25) is 0 Å². The molecular weight excluding hydrogens is 658 g/mol. The van der Waals surface area contributed by atoms with Crippen LogP contribution in [0.3, 0.4) is 0 Å². The molecule has 0 saturated carbocycles. The Morgan fingerprint density at radius 2 is 0.500 bits per heavy atom. The SMILES string of the molecule is [GeH4].[Pt].[Pt].[Pt]. The summed E-state index contributed by atoms with van der Waals surface area (Å²) in [6.45, 7) is 0. The van der Waals surface area contributed by atoms with Gasteiger partial charge in [-0.05, 0) is 0 Å². The van der Waals surface area contributed by atoms with E-state index in [0.717, 1.165) is 0 Å². The maximum Gasteiger partial charge on any atom is 0 e. The molecule has 0 aliphatic carbocycles. The average molecular weight is 662 g/mol. The number of rotatable bonds is 0. The van der Waals surface area contributed by atoms with Crippen molar-refractivity contribution in [3.05, 3.63) is 0 Å². The Bertz CT molecular complexity index is 3.25. The molecule has 0 N–H and O–H groups in total. The summed E-state index contributed by atoms with van der Waals surface area (Å²) in [4.78, 5) is 0. The summed E-state index contributed by atoms with van der Waals surface area (Å²) in [6.07, 6.45) is 0. The summed E-state index contributed by atoms with van der Waals surface area (Å²) in [7, 11) is 0. The zero-order valence-electron chi connectivity index (χ0n) is 0.949. The molecular formula is H4GePt3. The first-order valence-corrected chi connectivity index (χ1v) is 0. The van der Waals surface area contributed by atoms with E-state index in [0.29, 0.717) is 0 Å². The third-order valence-electron chi connectivity index (χ3n) is 0. The fourth-order valence-electron chi connectivity index (χ4n) is 0. The Hall–Kier alpha value is 2.61. The molecule has 0 saturated heterocycles. The van der Waals surface area contributed by atoms with E-state index in [1.165, 1.54) is 0 Å². The van der Waals surface area contributed by atoms with Crippen LogP contribution >= 0.6 is 0 Å². The van der Waals surface area contributed by atoms with Gasteiger partial charge in [0.05, 0.1) is 0 Å². The average Bonchev–Trinajstić information content (AvgIpc) is 0. The van der Waals surface area contributed by atoms with Gasteiger partial charge in [-0.1, -0.05) is 0 Å². The Kier molecular flexibility index (Phi) is 134. The third kappa shape index (κ3) is 8.82. The van der Waals surface area contributed by atoms with Crippen LogP contribution in [0.2, 0.25) is 0 Å². The Morgan fingerprint density at radius 1 is 0.500 bits per heavy atom. The van der Waals surface area contributed by atoms with E-state index in [1.54, 1.807) is 0 Å². The van der Waals surface area contributed by atoms with Gasteiger partial charge in [-0.15, -0.1) is 0 Å². The Labute approximate surface area is 79.6 Å². The summed E-state index contributed by atoms with van der Waals surface area (Å²) in [5, 5.41) is 0. The van der Waals surface area contributed by atoms with Gasteiger partial charge in [0.15, 0.2) is 0 Å². The Morgan fingerprint density at radius 3 is 0.500 bits per heavy atom. The molecule has 0 aromatic rings. The zero-order valence-corrected chi connectivity index (χ0v) is 7.77. The summed E-state index contributed by atoms with van der Waals surface area (Å²) >= 11 is 0. The molecule has 0 aromatic carbocycles. The van der Waals surface area contributed by atoms with Crippen LogP contribution in [0.25, 0.3) is 0 Å². The number of hydrogen-bond donors (Lipinski definition) is 0. The van der Waals surface area contributed by atoms with Gasteiger partial charge < -0.3 is 0 Å². The predicted molar refractivity (Wildman–Crippen MR) is 11.3 cm³/mol. The maximum atomic E-state index is 0. The van der Waals surface area contributed by atoms with Crippen molar-refractivity contribution in [2.45, 2.75) is 0 Å². The molecule has 0 atom stereocenters. The van der Waals surface area contributed by atoms with Gasteiger partial charge in [-0.3, -0.25) is 0 Å². The van der Waals surface area contributed by atoms with E-state index in [4.69, 9.17) is 0 Å². The van der Waals surface area contributed by atoms with Crippen molar-refractivity contribution in [2.24, 2.45) is 0 Å². The van der Waals surface area contributed by atoms with E-state index in [1.807, 2.05) is 0 Å². The first-order chi connectivity index (χ1) is 0. The van der Waals surface area contributed by atoms with Crippen molar-refractivity contribution in [3.63, 3.8) is 0 Å². The molecule has 0 unspecified atom stereocenters. The standard InChI is InChI=1S/GeH4.3Pt/h1H4;;;. The van der Waals surface area contributed by atoms with E-state index >= 15 is 0 Å². The van der Waals surface area contributed by atoms with Crippen LogP contribution < -0.4 is 0 Å². The zero-order chi connectivity index (χ0) is 0. The second-order valence-corrected chi connectivity index (χ2v) is 0. The molecule has 0 aliphatic rings. The van der Waals surface area contributed by atoms with Crippen molar-refractivity contribution in [1.29, 1.82) is 0 Å². The largest absolute Gasteiger partial charge is 0 e. The third-order valence-corrected chi connectivity index (χ3v) is 0. The first-order valence-electron chi connectivity index (χ1n) is 0. The predicted octanol–water partition coefficient (Wildman–Crippen LogP) is -1.46. The van der Waals surface area contributed by atoms with Gasteiger partial charge in [-0.2, -0.15) is 0 Å². The molecule has 0 aromatic heterocycles. The van der Waals surface area contributed by atoms with Gasteiger partial charge in [0.25, 0.3) is 0 Å². The molecule has 4 heteroatoms. The smallest absolute Gasteiger partial charge is 0 e. The molecule has 0 radical (unpaired) electrons. The maximum absolute atomic E-state index is 0. The molecule has 0 nitrogen and oxygen atoms in total. The van der Waals surface area contributed by atoms with Crippen molar-refractivity contribution in [3.8, 4) is 0 Å². The molecule has 0 rings (SSSR count). The minimum atomic E-state index is 0. The van der Waals surface area contributed by atoms with E-state index in [2.05, 4.69) is 0 Å². The minimum absolute atomic E-state index is 0. The van der Waals surface area contributed by atoms with Gasteiger partial charge in [0, 0.05) is 63.2 Å². The van der Waals surface area contributed by atoms with Crippen LogP contribution in [0.1, 0.15) is 0 Å². The van der Waals surface area contributed by atoms with E-state index < -0.39 is 0 Å². The van der Waals surface area contributed by atoms with Crippen LogP contribution in [0.4, 0.5) is 0 Å². The summed E-state index contributed by atoms with van der Waals surface area (Å²) in [5.41, 5.74) is 0. The fraction of sp³-hybridized carbons (Fsp3) is 0. The second-order valence-electron chi connectivity index (χ2n) is 0. The van der Waals surface area contributed by atoms with Gasteiger partial charge in [-0.25, -0.2) is 0 Å². The molecule has 0 heterocycles. The fourth-order valence-corrected chi connectivity index (χ4v) is 0. The van der Waals surface area contributed by atoms with Crippen LogP contribution in [-0.2, 0) is 63.2 Å². The quantitative estimate of drug-likeness (QED) is 0.279. The molecule has 38 valence electrons. The topological polar surface area (TPSA) is 0 Å². The number of hydrogen-bond acceptors (Lipinski definition) is 0. The van der Waals surface area contributed by atoms with Crippen LogP contribution in [-0.4, -0.2) is 17.6 Å². The van der Waals surface area contributed by atoms with Crippen molar-refractivity contribution in [2.75, 3.05) is 0 Å². The Balaban J connectivity index is 0. The molecule has 0 amide bonds. The molecule has 0 aliphatic heterocycles. The minimum Gasteiger partial charge on any atom is 0 e. The second kappa shape index (κ2) is 17.5. The van der Waals surface area contributed by atoms with E-state index in [9.17, 15) is 0 Å². The van der Waals surface area contributed by atoms with Crippen LogP contribution in [0.5, 0.6) is 0 Å². The summed E-state index contributed by atoms with van der Waals surface area (Å²) in [6, 6.07) is 0. The monoisotopic (exact) mass is 663 g/mol. The first kappa shape index (κ1) is 30.6. The van der Waals surface area contributed by atoms with Crippen LogP contribution in [0.15, 0.2) is 0 Å². The van der Waals surface area contributed by atoms with Gasteiger partial charge in [0.1, 0.15) is 0 Å². The molecule has 4 heavy (non-hydrogen) atoms. The molecule has 0 spiro atoms. The molecule has 0 fully saturated rings. The summed E-state index contributed by atoms with van der Waals surface area (Å²) in [5.74, 6) is 0. The van der Waals surface area contributed by atoms with Crippen LogP contribution in [0, 0.1) is 0 Å². The van der Waals surface area contributed by atoms with Gasteiger partial charge >= 0.3 is 17.6 Å². The normalized spacial score (nSPS) is 0. The van der Waals surface area contributed by atoms with E-state index in [-0.39, 0.29) is 80.8 Å². The van der Waals surface area contributed by atoms with Crippen molar-refractivity contribution < 1.29 is 63.2 Å². The van der Waals surface area contributed by atoms with Crippen molar-refractivity contribution in [1.82, 2.24) is 0 Å². The molecule has 0 bridgehead atoms.